The topological polar surface area (TPSA) is 33.2 Å². The Labute approximate surface area is 134 Å². The van der Waals surface area contributed by atoms with Gasteiger partial charge in [0.2, 0.25) is 0 Å². The van der Waals surface area contributed by atoms with Gasteiger partial charge in [-0.3, -0.25) is 9.78 Å². The zero-order valence-corrected chi connectivity index (χ0v) is 12.7. The van der Waals surface area contributed by atoms with Crippen LogP contribution in [0.15, 0.2) is 36.5 Å². The van der Waals surface area contributed by atoms with Gasteiger partial charge in [-0.15, -0.1) is 0 Å². The van der Waals surface area contributed by atoms with Gasteiger partial charge in [0.1, 0.15) is 5.69 Å². The van der Waals surface area contributed by atoms with Crippen LogP contribution >= 0.6 is 0 Å². The lowest BCUT2D eigenvalue weighted by Crippen LogP contribution is -2.30. The quantitative estimate of drug-likeness (QED) is 0.782. The summed E-state index contributed by atoms with van der Waals surface area (Å²) in [6.07, 6.45) is -3.76. The molecule has 0 radical (unpaired) electrons. The number of hydrogen-bond donors (Lipinski definition) is 0. The van der Waals surface area contributed by atoms with Gasteiger partial charge in [-0.1, -0.05) is 6.07 Å². The molecule has 1 atom stereocenters. The maximum Gasteiger partial charge on any atom is 0.433 e. The summed E-state index contributed by atoms with van der Waals surface area (Å²) in [7, 11) is 1.41. The second-order valence-corrected chi connectivity index (χ2v) is 5.20. The Hall–Kier alpha value is -2.51. The first kappa shape index (κ1) is 17.8. The van der Waals surface area contributed by atoms with Crippen LogP contribution < -0.4 is 0 Å². The number of alkyl halides is 3. The summed E-state index contributed by atoms with van der Waals surface area (Å²) in [5.41, 5.74) is -0.792. The smallest absolute Gasteiger partial charge is 0.335 e. The molecule has 3 nitrogen and oxygen atoms in total. The van der Waals surface area contributed by atoms with E-state index in [4.69, 9.17) is 0 Å². The lowest BCUT2D eigenvalue weighted by atomic mass is 10.1. The van der Waals surface area contributed by atoms with Crippen LogP contribution in [-0.4, -0.2) is 22.8 Å². The Balaban J connectivity index is 2.20. The van der Waals surface area contributed by atoms with Crippen LogP contribution in [0.1, 0.15) is 34.6 Å². The van der Waals surface area contributed by atoms with E-state index in [-0.39, 0.29) is 5.56 Å². The van der Waals surface area contributed by atoms with Crippen LogP contribution in [0.3, 0.4) is 0 Å². The predicted molar refractivity (Wildman–Crippen MR) is 76.1 cm³/mol. The fourth-order valence-electron chi connectivity index (χ4n) is 2.06. The molecule has 1 heterocycles. The van der Waals surface area contributed by atoms with Crippen LogP contribution in [0.25, 0.3) is 0 Å². The molecule has 1 aromatic heterocycles. The SMILES string of the molecule is CC(c1ccc(F)c(F)c1)N(C)C(=O)c1ccc(C(F)(F)F)nc1. The van der Waals surface area contributed by atoms with Crippen molar-refractivity contribution in [3.63, 3.8) is 0 Å². The van der Waals surface area contributed by atoms with Gasteiger partial charge in [0, 0.05) is 13.2 Å². The molecular weight excluding hydrogens is 331 g/mol. The van der Waals surface area contributed by atoms with Crippen LogP contribution in [0, 0.1) is 11.6 Å². The molecule has 0 aliphatic carbocycles. The molecular formula is C16H13F5N2O. The van der Waals surface area contributed by atoms with E-state index in [0.717, 1.165) is 24.4 Å². The molecule has 0 spiro atoms. The molecule has 8 heteroatoms. The number of pyridine rings is 1. The zero-order chi connectivity index (χ0) is 18.1. The highest BCUT2D eigenvalue weighted by molar-refractivity contribution is 5.94. The predicted octanol–water partition coefficient (Wildman–Crippen LogP) is 4.21. The van der Waals surface area contributed by atoms with E-state index in [1.807, 2.05) is 0 Å². The molecule has 2 rings (SSSR count). The van der Waals surface area contributed by atoms with Gasteiger partial charge in [-0.25, -0.2) is 8.78 Å². The maximum absolute atomic E-state index is 13.3. The second kappa shape index (κ2) is 6.54. The fourth-order valence-corrected chi connectivity index (χ4v) is 2.06. The first-order valence-electron chi connectivity index (χ1n) is 6.86. The molecule has 0 saturated carbocycles. The molecule has 2 aromatic rings. The van der Waals surface area contributed by atoms with Crippen molar-refractivity contribution in [3.8, 4) is 0 Å². The summed E-state index contributed by atoms with van der Waals surface area (Å²) in [4.78, 5) is 16.7. The number of benzene rings is 1. The van der Waals surface area contributed by atoms with Crippen molar-refractivity contribution in [2.75, 3.05) is 7.05 Å². The standard InChI is InChI=1S/C16H13F5N2O/c1-9(10-3-5-12(17)13(18)7-10)23(2)15(24)11-4-6-14(22-8-11)16(19,20)21/h3-9H,1-2H3. The molecule has 0 aliphatic rings. The summed E-state index contributed by atoms with van der Waals surface area (Å²) in [5.74, 6) is -2.64. The summed E-state index contributed by atoms with van der Waals surface area (Å²) < 4.78 is 63.7. The highest BCUT2D eigenvalue weighted by Crippen LogP contribution is 2.28. The average Bonchev–Trinajstić information content (AvgIpc) is 2.54. The van der Waals surface area contributed by atoms with Crippen molar-refractivity contribution < 1.29 is 26.7 Å². The largest absolute Gasteiger partial charge is 0.433 e. The van der Waals surface area contributed by atoms with Crippen LogP contribution in [0.4, 0.5) is 22.0 Å². The highest BCUT2D eigenvalue weighted by Gasteiger charge is 2.32. The van der Waals surface area contributed by atoms with Crippen molar-refractivity contribution in [2.24, 2.45) is 0 Å². The van der Waals surface area contributed by atoms with E-state index in [1.165, 1.54) is 18.0 Å². The van der Waals surface area contributed by atoms with Crippen LogP contribution in [-0.2, 0) is 6.18 Å². The molecule has 0 N–H and O–H groups in total. The number of rotatable bonds is 3. The maximum atomic E-state index is 13.3. The summed E-state index contributed by atoms with van der Waals surface area (Å²) in [6.45, 7) is 1.59. The Bertz CT molecular complexity index is 743. The minimum Gasteiger partial charge on any atom is -0.335 e. The molecule has 0 saturated heterocycles. The van der Waals surface area contributed by atoms with E-state index in [9.17, 15) is 26.7 Å². The zero-order valence-electron chi connectivity index (χ0n) is 12.7. The minimum absolute atomic E-state index is 0.0417. The molecule has 24 heavy (non-hydrogen) atoms. The third kappa shape index (κ3) is 3.69. The number of aromatic nitrogens is 1. The highest BCUT2D eigenvalue weighted by atomic mass is 19.4. The van der Waals surface area contributed by atoms with Gasteiger partial charge in [0.05, 0.1) is 11.6 Å². The number of nitrogens with zero attached hydrogens (tertiary/aromatic N) is 2. The number of carbonyl (C=O) groups is 1. The van der Waals surface area contributed by atoms with Gasteiger partial charge in [-0.2, -0.15) is 13.2 Å². The van der Waals surface area contributed by atoms with Gasteiger partial charge < -0.3 is 4.90 Å². The van der Waals surface area contributed by atoms with Crippen LogP contribution in [0.5, 0.6) is 0 Å². The number of halogens is 5. The van der Waals surface area contributed by atoms with Crippen LogP contribution in [0.2, 0.25) is 0 Å². The lowest BCUT2D eigenvalue weighted by Gasteiger charge is -2.25. The van der Waals surface area contributed by atoms with E-state index < -0.39 is 35.5 Å². The van der Waals surface area contributed by atoms with Crippen molar-refractivity contribution in [2.45, 2.75) is 19.1 Å². The molecule has 1 amide bonds. The Morgan fingerprint density at radius 1 is 1.12 bits per heavy atom. The Morgan fingerprint density at radius 2 is 1.79 bits per heavy atom. The Morgan fingerprint density at radius 3 is 2.29 bits per heavy atom. The number of carbonyl (C=O) groups excluding carboxylic acids is 1. The first-order chi connectivity index (χ1) is 11.1. The molecule has 1 aromatic carbocycles. The Kier molecular flexibility index (Phi) is 4.86. The monoisotopic (exact) mass is 344 g/mol. The lowest BCUT2D eigenvalue weighted by molar-refractivity contribution is -0.141. The fraction of sp³-hybridized carbons (Fsp3) is 0.250. The van der Waals surface area contributed by atoms with Gasteiger partial charge in [-0.05, 0) is 36.8 Å². The van der Waals surface area contributed by atoms with E-state index in [0.29, 0.717) is 11.6 Å². The number of hydrogen-bond acceptors (Lipinski definition) is 2. The average molecular weight is 344 g/mol. The minimum atomic E-state index is -4.59. The third-order valence-corrected chi connectivity index (χ3v) is 3.63. The van der Waals surface area contributed by atoms with Crippen molar-refractivity contribution in [3.05, 3.63) is 65.0 Å². The second-order valence-electron chi connectivity index (χ2n) is 5.20. The van der Waals surface area contributed by atoms with Crippen molar-refractivity contribution in [1.82, 2.24) is 9.88 Å². The molecule has 128 valence electrons. The normalized spacial score (nSPS) is 12.8. The summed E-state index contributed by atoms with van der Waals surface area (Å²) in [6, 6.07) is 4.36. The van der Waals surface area contributed by atoms with E-state index in [1.54, 1.807) is 6.92 Å². The summed E-state index contributed by atoms with van der Waals surface area (Å²) >= 11 is 0. The van der Waals surface area contributed by atoms with Gasteiger partial charge in [0.25, 0.3) is 5.91 Å². The van der Waals surface area contributed by atoms with Gasteiger partial charge in [0.15, 0.2) is 11.6 Å². The van der Waals surface area contributed by atoms with Crippen molar-refractivity contribution >= 4 is 5.91 Å². The molecule has 0 bridgehead atoms. The van der Waals surface area contributed by atoms with E-state index in [2.05, 4.69) is 4.98 Å². The van der Waals surface area contributed by atoms with Crippen molar-refractivity contribution in [1.29, 1.82) is 0 Å². The molecule has 0 aliphatic heterocycles. The van der Waals surface area contributed by atoms with E-state index >= 15 is 0 Å². The third-order valence-electron chi connectivity index (χ3n) is 3.63. The summed E-state index contributed by atoms with van der Waals surface area (Å²) in [5, 5.41) is 0. The number of amides is 1. The molecule has 0 fully saturated rings. The van der Waals surface area contributed by atoms with Gasteiger partial charge >= 0.3 is 6.18 Å². The molecule has 1 unspecified atom stereocenters. The first-order valence-corrected chi connectivity index (χ1v) is 6.86.